The van der Waals surface area contributed by atoms with Crippen molar-refractivity contribution < 1.29 is 40.6 Å². The van der Waals surface area contributed by atoms with Crippen molar-refractivity contribution >= 4 is 16.2 Å². The van der Waals surface area contributed by atoms with Crippen molar-refractivity contribution in [2.24, 2.45) is 0 Å². The average molecular weight is 568 g/mol. The highest BCUT2D eigenvalue weighted by molar-refractivity contribution is 7.86. The molecule has 39 heavy (non-hydrogen) atoms. The van der Waals surface area contributed by atoms with Crippen LogP contribution < -0.4 is 4.74 Å². The van der Waals surface area contributed by atoms with Crippen molar-refractivity contribution in [1.29, 1.82) is 0 Å². The molecule has 13 heteroatoms. The number of aromatic nitrogens is 1. The first kappa shape index (κ1) is 28.6. The van der Waals surface area contributed by atoms with Crippen LogP contribution in [0.5, 0.6) is 5.75 Å². The quantitative estimate of drug-likeness (QED) is 0.363. The van der Waals surface area contributed by atoms with Crippen LogP contribution in [0.4, 0.5) is 13.2 Å². The van der Waals surface area contributed by atoms with E-state index in [1.807, 2.05) is 0 Å². The summed E-state index contributed by atoms with van der Waals surface area (Å²) in [6, 6.07) is 11.3. The van der Waals surface area contributed by atoms with Crippen molar-refractivity contribution in [3.8, 4) is 17.2 Å². The molecule has 9 nitrogen and oxygen atoms in total. The van der Waals surface area contributed by atoms with Gasteiger partial charge in [-0.1, -0.05) is 12.1 Å². The van der Waals surface area contributed by atoms with Gasteiger partial charge in [0.25, 0.3) is 10.2 Å². The standard InChI is InChI=1S/C26H28F3N3O6S/c1-18-23(30-25(38-18)20-7-9-21(10-8-20)26(27,28)29)11-14-37-22-6-4-5-19(15-22)16-32(17-24(33)34)39(35,36)31-12-2-3-13-31/h4-10,15H,2-3,11-14,16-17H2,1H3,(H,33,34). The van der Waals surface area contributed by atoms with Gasteiger partial charge in [-0.15, -0.1) is 0 Å². The fourth-order valence-electron chi connectivity index (χ4n) is 4.24. The van der Waals surface area contributed by atoms with Crippen molar-refractivity contribution in [1.82, 2.24) is 13.6 Å². The van der Waals surface area contributed by atoms with Crippen LogP contribution in [-0.2, 0) is 34.1 Å². The lowest BCUT2D eigenvalue weighted by atomic mass is 10.1. The van der Waals surface area contributed by atoms with Gasteiger partial charge < -0.3 is 14.3 Å². The number of hydrogen-bond acceptors (Lipinski definition) is 6. The van der Waals surface area contributed by atoms with E-state index in [-0.39, 0.29) is 19.0 Å². The molecule has 3 aromatic rings. The topological polar surface area (TPSA) is 113 Å². The molecule has 0 unspecified atom stereocenters. The number of alkyl halides is 3. The van der Waals surface area contributed by atoms with E-state index in [2.05, 4.69) is 4.98 Å². The van der Waals surface area contributed by atoms with E-state index in [0.29, 0.717) is 47.8 Å². The minimum Gasteiger partial charge on any atom is -0.493 e. The summed E-state index contributed by atoms with van der Waals surface area (Å²) in [6.45, 7) is 1.85. The van der Waals surface area contributed by atoms with Crippen molar-refractivity contribution in [2.45, 2.75) is 38.9 Å². The molecule has 4 rings (SSSR count). The molecular weight excluding hydrogens is 539 g/mol. The molecule has 1 N–H and O–H groups in total. The van der Waals surface area contributed by atoms with Crippen LogP contribution >= 0.6 is 0 Å². The van der Waals surface area contributed by atoms with Gasteiger partial charge in [-0.2, -0.15) is 30.2 Å². The fraction of sp³-hybridized carbons (Fsp3) is 0.385. The summed E-state index contributed by atoms with van der Waals surface area (Å²) in [5.74, 6) is -0.0658. The van der Waals surface area contributed by atoms with E-state index < -0.39 is 34.5 Å². The van der Waals surface area contributed by atoms with Crippen LogP contribution in [0.3, 0.4) is 0 Å². The van der Waals surface area contributed by atoms with E-state index in [1.54, 1.807) is 31.2 Å². The van der Waals surface area contributed by atoms with Crippen LogP contribution in [0.25, 0.3) is 11.5 Å². The number of hydrogen-bond donors (Lipinski definition) is 1. The van der Waals surface area contributed by atoms with Gasteiger partial charge in [0.05, 0.1) is 17.9 Å². The Morgan fingerprint density at radius 2 is 1.85 bits per heavy atom. The average Bonchev–Trinajstić information content (AvgIpc) is 3.54. The fourth-order valence-corrected chi connectivity index (χ4v) is 5.87. The number of rotatable bonds is 11. The first-order valence-corrected chi connectivity index (χ1v) is 13.7. The molecule has 0 saturated carbocycles. The zero-order valence-electron chi connectivity index (χ0n) is 21.1. The first-order valence-electron chi connectivity index (χ1n) is 12.3. The molecule has 210 valence electrons. The zero-order valence-corrected chi connectivity index (χ0v) is 22.0. The Morgan fingerprint density at radius 1 is 1.15 bits per heavy atom. The summed E-state index contributed by atoms with van der Waals surface area (Å²) >= 11 is 0. The van der Waals surface area contributed by atoms with Gasteiger partial charge in [0, 0.05) is 31.6 Å². The van der Waals surface area contributed by atoms with Gasteiger partial charge in [0.2, 0.25) is 5.89 Å². The second-order valence-electron chi connectivity index (χ2n) is 9.12. The predicted molar refractivity (Wildman–Crippen MR) is 135 cm³/mol. The first-order chi connectivity index (χ1) is 18.4. The van der Waals surface area contributed by atoms with Gasteiger partial charge in [0.1, 0.15) is 18.1 Å². The molecule has 0 aliphatic carbocycles. The van der Waals surface area contributed by atoms with Crippen molar-refractivity contribution in [3.63, 3.8) is 0 Å². The minimum absolute atomic E-state index is 0.124. The number of ether oxygens (including phenoxy) is 1. The third-order valence-electron chi connectivity index (χ3n) is 6.25. The summed E-state index contributed by atoms with van der Waals surface area (Å²) < 4.78 is 78.1. The maximum atomic E-state index is 13.0. The summed E-state index contributed by atoms with van der Waals surface area (Å²) in [7, 11) is -3.92. The van der Waals surface area contributed by atoms with Gasteiger partial charge in [-0.05, 0) is 61.7 Å². The Kier molecular flexibility index (Phi) is 8.62. The Balaban J connectivity index is 1.39. The van der Waals surface area contributed by atoms with E-state index >= 15 is 0 Å². The van der Waals surface area contributed by atoms with Crippen LogP contribution in [0.2, 0.25) is 0 Å². The normalized spacial score (nSPS) is 14.7. The molecule has 0 bridgehead atoms. The number of aryl methyl sites for hydroxylation is 1. The lowest BCUT2D eigenvalue weighted by Gasteiger charge is -2.26. The summed E-state index contributed by atoms with van der Waals surface area (Å²) in [4.78, 5) is 15.8. The van der Waals surface area contributed by atoms with E-state index in [1.165, 1.54) is 16.4 Å². The maximum absolute atomic E-state index is 13.0. The Bertz CT molecular complexity index is 1400. The van der Waals surface area contributed by atoms with E-state index in [0.717, 1.165) is 29.3 Å². The number of halogens is 3. The highest BCUT2D eigenvalue weighted by Crippen LogP contribution is 2.31. The van der Waals surface area contributed by atoms with Gasteiger partial charge >= 0.3 is 12.1 Å². The molecule has 0 radical (unpaired) electrons. The van der Waals surface area contributed by atoms with Gasteiger partial charge in [-0.25, -0.2) is 4.98 Å². The summed E-state index contributed by atoms with van der Waals surface area (Å²) in [5, 5.41) is 9.28. The number of carboxylic acids is 1. The van der Waals surface area contributed by atoms with E-state index in [9.17, 15) is 31.5 Å². The predicted octanol–water partition coefficient (Wildman–Crippen LogP) is 4.52. The highest BCUT2D eigenvalue weighted by Gasteiger charge is 2.33. The third-order valence-corrected chi connectivity index (χ3v) is 8.17. The minimum atomic E-state index is -4.43. The molecule has 1 aromatic heterocycles. The van der Waals surface area contributed by atoms with Crippen LogP contribution in [0.15, 0.2) is 52.9 Å². The summed E-state index contributed by atoms with van der Waals surface area (Å²) in [5.41, 5.74) is 0.815. The lowest BCUT2D eigenvalue weighted by Crippen LogP contribution is -2.44. The van der Waals surface area contributed by atoms with E-state index in [4.69, 9.17) is 9.15 Å². The maximum Gasteiger partial charge on any atom is 0.416 e. The summed E-state index contributed by atoms with van der Waals surface area (Å²) in [6.07, 6.45) is -2.60. The van der Waals surface area contributed by atoms with Crippen LogP contribution in [0.1, 0.15) is 35.4 Å². The lowest BCUT2D eigenvalue weighted by molar-refractivity contribution is -0.138. The van der Waals surface area contributed by atoms with Gasteiger partial charge in [-0.3, -0.25) is 4.79 Å². The molecule has 0 spiro atoms. The number of oxazole rings is 1. The van der Waals surface area contributed by atoms with Gasteiger partial charge in [0.15, 0.2) is 0 Å². The van der Waals surface area contributed by atoms with Crippen molar-refractivity contribution in [3.05, 3.63) is 71.1 Å². The Morgan fingerprint density at radius 3 is 2.49 bits per heavy atom. The van der Waals surface area contributed by atoms with Crippen molar-refractivity contribution in [2.75, 3.05) is 26.2 Å². The Labute approximate surface area is 224 Å². The molecule has 1 aliphatic rings. The second kappa shape index (κ2) is 11.8. The third kappa shape index (κ3) is 7.16. The number of carboxylic acid groups (broad SMARTS) is 1. The second-order valence-corrected chi connectivity index (χ2v) is 11.0. The molecule has 2 heterocycles. The number of benzene rings is 2. The number of carbonyl (C=O) groups is 1. The molecule has 1 aliphatic heterocycles. The molecule has 0 atom stereocenters. The molecule has 0 amide bonds. The largest absolute Gasteiger partial charge is 0.493 e. The molecule has 1 fully saturated rings. The Hall–Kier alpha value is -3.42. The smallest absolute Gasteiger partial charge is 0.416 e. The number of aliphatic carboxylic acids is 1. The number of nitrogens with zero attached hydrogens (tertiary/aromatic N) is 3. The zero-order chi connectivity index (χ0) is 28.2. The molecule has 1 saturated heterocycles. The highest BCUT2D eigenvalue weighted by atomic mass is 32.2. The molecule has 2 aromatic carbocycles. The monoisotopic (exact) mass is 567 g/mol. The molecular formula is C26H28F3N3O6S. The van der Waals surface area contributed by atoms with Crippen LogP contribution in [0, 0.1) is 6.92 Å². The van der Waals surface area contributed by atoms with Crippen LogP contribution in [-0.4, -0.2) is 59.3 Å². The SMILES string of the molecule is Cc1oc(-c2ccc(C(F)(F)F)cc2)nc1CCOc1cccc(CN(CC(=O)O)S(=O)(=O)N2CCCC2)c1.